The molecule has 0 aliphatic rings. The van der Waals surface area contributed by atoms with E-state index in [1.54, 1.807) is 0 Å². The SMILES string of the molecule is Cc1noc(Cn2ccc3c(CNC(C)C)cccc32)n1. The second-order valence-corrected chi connectivity index (χ2v) is 5.56. The van der Waals surface area contributed by atoms with Crippen LogP contribution < -0.4 is 5.32 Å². The fourth-order valence-corrected chi connectivity index (χ4v) is 2.44. The van der Waals surface area contributed by atoms with E-state index in [0.29, 0.717) is 24.3 Å². The van der Waals surface area contributed by atoms with Crippen LogP contribution in [-0.2, 0) is 13.1 Å². The lowest BCUT2D eigenvalue weighted by atomic mass is 10.1. The van der Waals surface area contributed by atoms with E-state index in [-0.39, 0.29) is 0 Å². The van der Waals surface area contributed by atoms with Gasteiger partial charge in [0.25, 0.3) is 0 Å². The lowest BCUT2D eigenvalue weighted by Crippen LogP contribution is -2.21. The van der Waals surface area contributed by atoms with Gasteiger partial charge in [0.05, 0.1) is 0 Å². The van der Waals surface area contributed by atoms with Crippen LogP contribution in [0.5, 0.6) is 0 Å². The summed E-state index contributed by atoms with van der Waals surface area (Å²) in [5.74, 6) is 1.30. The predicted octanol–water partition coefficient (Wildman–Crippen LogP) is 2.88. The molecule has 5 heteroatoms. The van der Waals surface area contributed by atoms with Gasteiger partial charge in [-0.25, -0.2) is 0 Å². The van der Waals surface area contributed by atoms with Crippen LogP contribution in [0.25, 0.3) is 10.9 Å². The fourth-order valence-electron chi connectivity index (χ4n) is 2.44. The van der Waals surface area contributed by atoms with Crippen molar-refractivity contribution in [2.24, 2.45) is 0 Å². The van der Waals surface area contributed by atoms with Gasteiger partial charge in [-0.15, -0.1) is 0 Å². The normalized spacial score (nSPS) is 11.6. The number of nitrogens with one attached hydrogen (secondary N) is 1. The third kappa shape index (κ3) is 2.97. The third-order valence-corrected chi connectivity index (χ3v) is 3.48. The van der Waals surface area contributed by atoms with Crippen LogP contribution in [0.3, 0.4) is 0 Å². The van der Waals surface area contributed by atoms with Gasteiger partial charge in [-0.2, -0.15) is 4.98 Å². The van der Waals surface area contributed by atoms with Crippen LogP contribution in [0.2, 0.25) is 0 Å². The van der Waals surface area contributed by atoms with Gasteiger partial charge in [0.2, 0.25) is 5.89 Å². The Hall–Kier alpha value is -2.14. The lowest BCUT2D eigenvalue weighted by molar-refractivity contribution is 0.369. The molecular formula is C16H20N4O. The molecule has 0 amide bonds. The molecule has 0 saturated heterocycles. The van der Waals surface area contributed by atoms with E-state index in [1.807, 2.05) is 6.92 Å². The van der Waals surface area contributed by atoms with E-state index in [0.717, 1.165) is 6.54 Å². The Morgan fingerprint density at radius 1 is 1.29 bits per heavy atom. The summed E-state index contributed by atoms with van der Waals surface area (Å²) in [6.07, 6.45) is 2.07. The summed E-state index contributed by atoms with van der Waals surface area (Å²) >= 11 is 0. The summed E-state index contributed by atoms with van der Waals surface area (Å²) in [5.41, 5.74) is 2.50. The van der Waals surface area contributed by atoms with Crippen molar-refractivity contribution in [3.05, 3.63) is 47.7 Å². The van der Waals surface area contributed by atoms with Gasteiger partial charge in [0, 0.05) is 29.7 Å². The van der Waals surface area contributed by atoms with E-state index in [2.05, 4.69) is 64.3 Å². The minimum Gasteiger partial charge on any atom is -0.338 e. The molecule has 0 fully saturated rings. The molecule has 110 valence electrons. The Labute approximate surface area is 124 Å². The van der Waals surface area contributed by atoms with Crippen LogP contribution in [0.4, 0.5) is 0 Å². The first-order chi connectivity index (χ1) is 10.1. The molecule has 1 N–H and O–H groups in total. The van der Waals surface area contributed by atoms with Gasteiger partial charge in [0.15, 0.2) is 5.82 Å². The highest BCUT2D eigenvalue weighted by Crippen LogP contribution is 2.21. The van der Waals surface area contributed by atoms with Crippen molar-refractivity contribution < 1.29 is 4.52 Å². The number of aromatic nitrogens is 3. The highest BCUT2D eigenvalue weighted by molar-refractivity contribution is 5.83. The minimum absolute atomic E-state index is 0.476. The molecule has 3 rings (SSSR count). The Kier molecular flexibility index (Phi) is 3.75. The van der Waals surface area contributed by atoms with Gasteiger partial charge < -0.3 is 14.4 Å². The van der Waals surface area contributed by atoms with E-state index < -0.39 is 0 Å². The third-order valence-electron chi connectivity index (χ3n) is 3.48. The molecule has 2 aromatic heterocycles. The van der Waals surface area contributed by atoms with Crippen molar-refractivity contribution >= 4 is 10.9 Å². The fraction of sp³-hybridized carbons (Fsp3) is 0.375. The first-order valence-corrected chi connectivity index (χ1v) is 7.23. The van der Waals surface area contributed by atoms with E-state index in [4.69, 9.17) is 4.52 Å². The largest absolute Gasteiger partial charge is 0.338 e. The lowest BCUT2D eigenvalue weighted by Gasteiger charge is -2.09. The molecule has 0 aliphatic heterocycles. The Morgan fingerprint density at radius 3 is 2.86 bits per heavy atom. The van der Waals surface area contributed by atoms with Crippen LogP contribution in [0.15, 0.2) is 35.0 Å². The summed E-state index contributed by atoms with van der Waals surface area (Å²) in [6.45, 7) is 7.62. The first kappa shape index (κ1) is 13.8. The Morgan fingerprint density at radius 2 is 2.14 bits per heavy atom. The van der Waals surface area contributed by atoms with Crippen molar-refractivity contribution in [3.8, 4) is 0 Å². The average molecular weight is 284 g/mol. The monoisotopic (exact) mass is 284 g/mol. The van der Waals surface area contributed by atoms with E-state index in [1.165, 1.54) is 16.5 Å². The second-order valence-electron chi connectivity index (χ2n) is 5.56. The highest BCUT2D eigenvalue weighted by Gasteiger charge is 2.09. The molecule has 0 spiro atoms. The van der Waals surface area contributed by atoms with Crippen molar-refractivity contribution in [1.82, 2.24) is 20.0 Å². The molecule has 0 atom stereocenters. The summed E-state index contributed by atoms with van der Waals surface area (Å²) < 4.78 is 7.34. The van der Waals surface area contributed by atoms with Crippen molar-refractivity contribution in [1.29, 1.82) is 0 Å². The Bertz CT molecular complexity index is 742. The van der Waals surface area contributed by atoms with Gasteiger partial charge in [-0.1, -0.05) is 31.1 Å². The number of nitrogens with zero attached hydrogens (tertiary/aromatic N) is 3. The van der Waals surface area contributed by atoms with Crippen molar-refractivity contribution in [2.45, 2.75) is 39.9 Å². The maximum atomic E-state index is 5.20. The number of rotatable bonds is 5. The molecule has 21 heavy (non-hydrogen) atoms. The maximum Gasteiger partial charge on any atom is 0.246 e. The van der Waals surface area contributed by atoms with Gasteiger partial charge >= 0.3 is 0 Å². The number of aryl methyl sites for hydroxylation is 1. The second kappa shape index (κ2) is 5.69. The van der Waals surface area contributed by atoms with Gasteiger partial charge in [-0.3, -0.25) is 0 Å². The molecule has 2 heterocycles. The standard InChI is InChI=1S/C16H20N4O/c1-11(2)17-9-13-5-4-6-15-14(13)7-8-20(15)10-16-18-12(3)19-21-16/h4-8,11,17H,9-10H2,1-3H3. The Balaban J connectivity index is 1.89. The van der Waals surface area contributed by atoms with Crippen LogP contribution in [0, 0.1) is 6.92 Å². The molecule has 5 nitrogen and oxygen atoms in total. The zero-order valence-corrected chi connectivity index (χ0v) is 12.6. The zero-order chi connectivity index (χ0) is 14.8. The minimum atomic E-state index is 0.476. The zero-order valence-electron chi connectivity index (χ0n) is 12.6. The quantitative estimate of drug-likeness (QED) is 0.782. The maximum absolute atomic E-state index is 5.20. The predicted molar refractivity (Wildman–Crippen MR) is 82.1 cm³/mol. The summed E-state index contributed by atoms with van der Waals surface area (Å²) in [5, 5.41) is 8.57. The van der Waals surface area contributed by atoms with Crippen molar-refractivity contribution in [2.75, 3.05) is 0 Å². The van der Waals surface area contributed by atoms with E-state index >= 15 is 0 Å². The average Bonchev–Trinajstić information content (AvgIpc) is 3.04. The smallest absolute Gasteiger partial charge is 0.246 e. The molecule has 0 radical (unpaired) electrons. The number of benzene rings is 1. The van der Waals surface area contributed by atoms with Crippen LogP contribution in [-0.4, -0.2) is 20.7 Å². The van der Waals surface area contributed by atoms with Gasteiger partial charge in [0.1, 0.15) is 6.54 Å². The number of fused-ring (bicyclic) bond motifs is 1. The molecule has 0 saturated carbocycles. The molecular weight excluding hydrogens is 264 g/mol. The number of hydrogen-bond donors (Lipinski definition) is 1. The molecule has 0 bridgehead atoms. The summed E-state index contributed by atoms with van der Waals surface area (Å²) in [6, 6.07) is 9.00. The molecule has 0 aliphatic carbocycles. The molecule has 1 aromatic carbocycles. The van der Waals surface area contributed by atoms with Gasteiger partial charge in [-0.05, 0) is 24.6 Å². The first-order valence-electron chi connectivity index (χ1n) is 7.23. The van der Waals surface area contributed by atoms with Crippen LogP contribution in [0.1, 0.15) is 31.1 Å². The summed E-state index contributed by atoms with van der Waals surface area (Å²) in [4.78, 5) is 4.26. The number of hydrogen-bond acceptors (Lipinski definition) is 4. The van der Waals surface area contributed by atoms with Crippen molar-refractivity contribution in [3.63, 3.8) is 0 Å². The highest BCUT2D eigenvalue weighted by atomic mass is 16.5. The van der Waals surface area contributed by atoms with E-state index in [9.17, 15) is 0 Å². The summed E-state index contributed by atoms with van der Waals surface area (Å²) in [7, 11) is 0. The molecule has 0 unspecified atom stereocenters. The van der Waals surface area contributed by atoms with Crippen LogP contribution >= 0.6 is 0 Å². The topological polar surface area (TPSA) is 55.9 Å². The molecule has 3 aromatic rings.